The van der Waals surface area contributed by atoms with Crippen LogP contribution in [0.3, 0.4) is 0 Å². The number of benzene rings is 1. The molecule has 0 atom stereocenters. The first-order chi connectivity index (χ1) is 9.93. The number of amides is 1. The third kappa shape index (κ3) is 5.04. The second kappa shape index (κ2) is 8.02. The van der Waals surface area contributed by atoms with Crippen LogP contribution >= 0.6 is 15.9 Å². The van der Waals surface area contributed by atoms with Crippen molar-refractivity contribution in [3.63, 3.8) is 0 Å². The third-order valence-corrected chi connectivity index (χ3v) is 3.88. The van der Waals surface area contributed by atoms with Crippen LogP contribution in [0, 0.1) is 0 Å². The number of carboxylic acids is 1. The summed E-state index contributed by atoms with van der Waals surface area (Å²) in [7, 11) is 0. The number of halogens is 1. The van der Waals surface area contributed by atoms with E-state index < -0.39 is 11.5 Å². The van der Waals surface area contributed by atoms with Gasteiger partial charge in [-0.3, -0.25) is 4.79 Å². The van der Waals surface area contributed by atoms with Crippen LogP contribution in [0.25, 0.3) is 0 Å². The van der Waals surface area contributed by atoms with Gasteiger partial charge in [0, 0.05) is 4.47 Å². The van der Waals surface area contributed by atoms with Gasteiger partial charge in [-0.1, -0.05) is 35.8 Å². The van der Waals surface area contributed by atoms with E-state index >= 15 is 0 Å². The predicted molar refractivity (Wildman–Crippen MR) is 83.3 cm³/mol. The molecule has 2 N–H and O–H groups in total. The molecule has 1 rings (SSSR count). The fourth-order valence-electron chi connectivity index (χ4n) is 1.93. The Hall–Kier alpha value is -1.56. The van der Waals surface area contributed by atoms with Crippen LogP contribution in [0.1, 0.15) is 33.1 Å². The third-order valence-electron chi connectivity index (χ3n) is 3.39. The van der Waals surface area contributed by atoms with E-state index in [9.17, 15) is 14.7 Å². The molecule has 1 aromatic carbocycles. The van der Waals surface area contributed by atoms with Gasteiger partial charge in [0.2, 0.25) is 5.91 Å². The van der Waals surface area contributed by atoms with Gasteiger partial charge in [0.15, 0.2) is 0 Å². The molecule has 0 fully saturated rings. The molecule has 0 radical (unpaired) electrons. The maximum absolute atomic E-state index is 11.9. The van der Waals surface area contributed by atoms with Crippen LogP contribution in [-0.2, 0) is 9.59 Å². The SMILES string of the molecule is CCC(CC)(NC(=O)CCOc1cccc(Br)c1)C(=O)O. The van der Waals surface area contributed by atoms with Gasteiger partial charge < -0.3 is 15.2 Å². The lowest BCUT2D eigenvalue weighted by molar-refractivity contribution is -0.148. The van der Waals surface area contributed by atoms with Crippen LogP contribution in [0.15, 0.2) is 28.7 Å². The normalized spacial score (nSPS) is 11.0. The maximum atomic E-state index is 11.9. The largest absolute Gasteiger partial charge is 0.493 e. The van der Waals surface area contributed by atoms with Crippen molar-refractivity contribution in [2.24, 2.45) is 0 Å². The number of carboxylic acid groups (broad SMARTS) is 1. The van der Waals surface area contributed by atoms with Gasteiger partial charge in [-0.25, -0.2) is 4.79 Å². The van der Waals surface area contributed by atoms with Crippen LogP contribution in [0.4, 0.5) is 0 Å². The summed E-state index contributed by atoms with van der Waals surface area (Å²) in [6, 6.07) is 7.31. The van der Waals surface area contributed by atoms with Gasteiger partial charge >= 0.3 is 5.97 Å². The van der Waals surface area contributed by atoms with Crippen molar-refractivity contribution >= 4 is 27.8 Å². The molecule has 0 saturated carbocycles. The van der Waals surface area contributed by atoms with Crippen molar-refractivity contribution in [2.75, 3.05) is 6.61 Å². The zero-order valence-corrected chi connectivity index (χ0v) is 13.8. The monoisotopic (exact) mass is 357 g/mol. The number of carbonyl (C=O) groups excluding carboxylic acids is 1. The molecular formula is C15H20BrNO4. The van der Waals surface area contributed by atoms with Crippen LogP contribution < -0.4 is 10.1 Å². The van der Waals surface area contributed by atoms with Crippen LogP contribution in [-0.4, -0.2) is 29.1 Å². The highest BCUT2D eigenvalue weighted by molar-refractivity contribution is 9.10. The molecule has 0 spiro atoms. The average Bonchev–Trinajstić information content (AvgIpc) is 2.44. The Bertz CT molecular complexity index is 500. The number of rotatable bonds is 8. The topological polar surface area (TPSA) is 75.6 Å². The van der Waals surface area contributed by atoms with Gasteiger partial charge in [0.1, 0.15) is 11.3 Å². The van der Waals surface area contributed by atoms with Gasteiger partial charge in [0.05, 0.1) is 13.0 Å². The van der Waals surface area contributed by atoms with Crippen molar-refractivity contribution in [1.82, 2.24) is 5.32 Å². The van der Waals surface area contributed by atoms with E-state index in [1.54, 1.807) is 26.0 Å². The van der Waals surface area contributed by atoms with Gasteiger partial charge in [-0.15, -0.1) is 0 Å². The molecule has 1 aromatic rings. The fourth-order valence-corrected chi connectivity index (χ4v) is 2.31. The summed E-state index contributed by atoms with van der Waals surface area (Å²) in [6.07, 6.45) is 0.801. The summed E-state index contributed by atoms with van der Waals surface area (Å²) in [5, 5.41) is 11.9. The molecule has 0 bridgehead atoms. The molecule has 116 valence electrons. The second-order valence-corrected chi connectivity index (χ2v) is 5.61. The van der Waals surface area contributed by atoms with E-state index in [1.807, 2.05) is 12.1 Å². The van der Waals surface area contributed by atoms with Gasteiger partial charge in [-0.2, -0.15) is 0 Å². The number of hydrogen-bond donors (Lipinski definition) is 2. The number of hydrogen-bond acceptors (Lipinski definition) is 3. The first-order valence-electron chi connectivity index (χ1n) is 6.86. The Kier molecular flexibility index (Phi) is 6.68. The lowest BCUT2D eigenvalue weighted by atomic mass is 9.93. The summed E-state index contributed by atoms with van der Waals surface area (Å²) >= 11 is 3.33. The molecule has 0 aliphatic heterocycles. The molecule has 0 aliphatic rings. The Morgan fingerprint density at radius 3 is 2.52 bits per heavy atom. The van der Waals surface area contributed by atoms with Gasteiger partial charge in [-0.05, 0) is 31.0 Å². The number of nitrogens with one attached hydrogen (secondary N) is 1. The van der Waals surface area contributed by atoms with Crippen molar-refractivity contribution in [3.05, 3.63) is 28.7 Å². The highest BCUT2D eigenvalue weighted by atomic mass is 79.9. The van der Waals surface area contributed by atoms with Crippen molar-refractivity contribution in [1.29, 1.82) is 0 Å². The number of aliphatic carboxylic acids is 1. The van der Waals surface area contributed by atoms with Crippen molar-refractivity contribution < 1.29 is 19.4 Å². The molecule has 5 nitrogen and oxygen atoms in total. The van der Waals surface area contributed by atoms with E-state index in [-0.39, 0.29) is 18.9 Å². The summed E-state index contributed by atoms with van der Waals surface area (Å²) in [4.78, 5) is 23.2. The summed E-state index contributed by atoms with van der Waals surface area (Å²) in [5.41, 5.74) is -1.19. The minimum absolute atomic E-state index is 0.113. The molecule has 1 amide bonds. The van der Waals surface area contributed by atoms with E-state index in [1.165, 1.54) is 0 Å². The Labute approximate surface area is 132 Å². The summed E-state index contributed by atoms with van der Waals surface area (Å²) < 4.78 is 6.36. The van der Waals surface area contributed by atoms with Crippen LogP contribution in [0.5, 0.6) is 5.75 Å². The molecule has 6 heteroatoms. The fraction of sp³-hybridized carbons (Fsp3) is 0.467. The van der Waals surface area contributed by atoms with Gasteiger partial charge in [0.25, 0.3) is 0 Å². The Morgan fingerprint density at radius 1 is 1.33 bits per heavy atom. The smallest absolute Gasteiger partial charge is 0.329 e. The van der Waals surface area contributed by atoms with Crippen molar-refractivity contribution in [2.45, 2.75) is 38.6 Å². The average molecular weight is 358 g/mol. The zero-order valence-electron chi connectivity index (χ0n) is 12.2. The molecule has 0 saturated heterocycles. The molecule has 0 unspecified atom stereocenters. The van der Waals surface area contributed by atoms with E-state index in [2.05, 4.69) is 21.2 Å². The Morgan fingerprint density at radius 2 is 2.00 bits per heavy atom. The van der Waals surface area contributed by atoms with Crippen LogP contribution in [0.2, 0.25) is 0 Å². The highest BCUT2D eigenvalue weighted by Gasteiger charge is 2.36. The Balaban J connectivity index is 2.48. The lowest BCUT2D eigenvalue weighted by Crippen LogP contribution is -2.53. The van der Waals surface area contributed by atoms with E-state index in [4.69, 9.17) is 4.74 Å². The first-order valence-corrected chi connectivity index (χ1v) is 7.65. The first kappa shape index (κ1) is 17.5. The molecule has 0 heterocycles. The quantitative estimate of drug-likeness (QED) is 0.749. The summed E-state index contributed by atoms with van der Waals surface area (Å²) in [6.45, 7) is 3.69. The predicted octanol–water partition coefficient (Wildman–Crippen LogP) is 2.98. The highest BCUT2D eigenvalue weighted by Crippen LogP contribution is 2.18. The van der Waals surface area contributed by atoms with Crippen molar-refractivity contribution in [3.8, 4) is 5.75 Å². The summed E-state index contributed by atoms with van der Waals surface area (Å²) in [5.74, 6) is -0.669. The molecule has 0 aromatic heterocycles. The lowest BCUT2D eigenvalue weighted by Gasteiger charge is -2.28. The number of ether oxygens (including phenoxy) is 1. The molecule has 0 aliphatic carbocycles. The molecule has 21 heavy (non-hydrogen) atoms. The minimum atomic E-state index is -1.19. The number of carbonyl (C=O) groups is 2. The second-order valence-electron chi connectivity index (χ2n) is 4.70. The van der Waals surface area contributed by atoms with E-state index in [0.717, 1.165) is 4.47 Å². The molecular weight excluding hydrogens is 338 g/mol. The van der Waals surface area contributed by atoms with E-state index in [0.29, 0.717) is 18.6 Å². The minimum Gasteiger partial charge on any atom is -0.493 e. The maximum Gasteiger partial charge on any atom is 0.329 e. The zero-order chi connectivity index (χ0) is 15.9. The standard InChI is InChI=1S/C15H20BrNO4/c1-3-15(4-2,14(19)20)17-13(18)8-9-21-12-7-5-6-11(16)10-12/h5-7,10H,3-4,8-9H2,1-2H3,(H,17,18)(H,19,20).